The number of benzene rings is 2. The lowest BCUT2D eigenvalue weighted by atomic mass is 10.2. The summed E-state index contributed by atoms with van der Waals surface area (Å²) >= 11 is 5.92. The lowest BCUT2D eigenvalue weighted by molar-refractivity contribution is 0.0887. The Morgan fingerprint density at radius 2 is 1.88 bits per heavy atom. The predicted molar refractivity (Wildman–Crippen MR) is 94.6 cm³/mol. The van der Waals surface area contributed by atoms with Crippen LogP contribution < -0.4 is 5.32 Å². The average molecular weight is 368 g/mol. The van der Waals surface area contributed by atoms with Crippen LogP contribution in [0.5, 0.6) is 5.75 Å². The van der Waals surface area contributed by atoms with Crippen LogP contribution in [0, 0.1) is 0 Å². The molecule has 0 aromatic heterocycles. The van der Waals surface area contributed by atoms with Crippen molar-refractivity contribution in [2.45, 2.75) is 25.2 Å². The summed E-state index contributed by atoms with van der Waals surface area (Å²) in [6.07, 6.45) is 0.559. The van der Waals surface area contributed by atoms with Crippen LogP contribution in [-0.2, 0) is 13.6 Å². The molecular formula is C17H19ClNO4P. The highest BCUT2D eigenvalue weighted by molar-refractivity contribution is 7.54. The first-order chi connectivity index (χ1) is 11.5. The Hall–Kier alpha value is -1.52. The van der Waals surface area contributed by atoms with E-state index in [4.69, 9.17) is 20.6 Å². The topological polar surface area (TPSA) is 67.8 Å². The molecule has 3 atom stereocenters. The van der Waals surface area contributed by atoms with Gasteiger partial charge in [-0.3, -0.25) is 4.57 Å². The molecule has 3 rings (SSSR count). The van der Waals surface area contributed by atoms with Crippen LogP contribution in [0.1, 0.15) is 24.7 Å². The van der Waals surface area contributed by atoms with E-state index in [0.717, 1.165) is 5.69 Å². The van der Waals surface area contributed by atoms with Crippen LogP contribution in [0.4, 0.5) is 5.69 Å². The van der Waals surface area contributed by atoms with Gasteiger partial charge in [0.15, 0.2) is 5.78 Å². The van der Waals surface area contributed by atoms with Crippen LogP contribution in [0.3, 0.4) is 0 Å². The molecule has 0 spiro atoms. The van der Waals surface area contributed by atoms with E-state index in [1.165, 1.54) is 0 Å². The van der Waals surface area contributed by atoms with Gasteiger partial charge >= 0.3 is 7.60 Å². The summed E-state index contributed by atoms with van der Waals surface area (Å²) in [6, 6.07) is 13.6. The number of hydrogen-bond acceptors (Lipinski definition) is 5. The van der Waals surface area contributed by atoms with Gasteiger partial charge in [0.1, 0.15) is 5.75 Å². The van der Waals surface area contributed by atoms with Gasteiger partial charge in [-0.25, -0.2) is 0 Å². The van der Waals surface area contributed by atoms with E-state index in [2.05, 4.69) is 5.32 Å². The van der Waals surface area contributed by atoms with Gasteiger partial charge in [-0.1, -0.05) is 23.7 Å². The normalized spacial score (nSPS) is 25.2. The Labute approximate surface area is 146 Å². The Balaban J connectivity index is 1.95. The summed E-state index contributed by atoms with van der Waals surface area (Å²) in [5.74, 6) is -0.539. The number of anilines is 1. The van der Waals surface area contributed by atoms with Crippen LogP contribution in [0.15, 0.2) is 48.5 Å². The first-order valence-electron chi connectivity index (χ1n) is 7.70. The molecular weight excluding hydrogens is 349 g/mol. The molecule has 0 radical (unpaired) electrons. The maximum absolute atomic E-state index is 13.3. The zero-order valence-corrected chi connectivity index (χ0v) is 14.8. The van der Waals surface area contributed by atoms with Crippen molar-refractivity contribution in [2.24, 2.45) is 0 Å². The van der Waals surface area contributed by atoms with E-state index in [1.54, 1.807) is 48.5 Å². The van der Waals surface area contributed by atoms with Crippen LogP contribution >= 0.6 is 19.2 Å². The Kier molecular flexibility index (Phi) is 5.16. The van der Waals surface area contributed by atoms with E-state index in [-0.39, 0.29) is 11.9 Å². The number of phenols is 1. The van der Waals surface area contributed by atoms with Crippen molar-refractivity contribution in [1.29, 1.82) is 0 Å². The first kappa shape index (κ1) is 17.3. The molecule has 0 aliphatic carbocycles. The monoisotopic (exact) mass is 367 g/mol. The summed E-state index contributed by atoms with van der Waals surface area (Å²) in [6.45, 7) is 2.26. The van der Waals surface area contributed by atoms with Gasteiger partial charge in [0.2, 0.25) is 0 Å². The van der Waals surface area contributed by atoms with Crippen LogP contribution in [0.2, 0.25) is 5.02 Å². The molecule has 1 heterocycles. The van der Waals surface area contributed by atoms with Crippen molar-refractivity contribution in [2.75, 3.05) is 11.9 Å². The van der Waals surface area contributed by atoms with Crippen LogP contribution in [0.25, 0.3) is 0 Å². The van der Waals surface area contributed by atoms with Crippen molar-refractivity contribution in [3.05, 3.63) is 59.1 Å². The fourth-order valence-electron chi connectivity index (χ4n) is 2.52. The SMILES string of the molecule is C[C@@H]1CCO[P@](=O)([C@@H](Nc2ccc(Cl)cc2)c2ccc(O)cc2)O1. The maximum Gasteiger partial charge on any atom is 0.357 e. The minimum Gasteiger partial charge on any atom is -0.508 e. The third-order valence-corrected chi connectivity index (χ3v) is 6.30. The molecule has 5 nitrogen and oxygen atoms in total. The van der Waals surface area contributed by atoms with Crippen molar-refractivity contribution in [3.8, 4) is 5.75 Å². The Morgan fingerprint density at radius 1 is 1.21 bits per heavy atom. The van der Waals surface area contributed by atoms with E-state index >= 15 is 0 Å². The first-order valence-corrected chi connectivity index (χ1v) is 9.69. The molecule has 0 unspecified atom stereocenters. The number of rotatable bonds is 4. The lowest BCUT2D eigenvalue weighted by Gasteiger charge is -2.34. The van der Waals surface area contributed by atoms with E-state index in [0.29, 0.717) is 23.6 Å². The van der Waals surface area contributed by atoms with Gasteiger partial charge in [0, 0.05) is 10.7 Å². The minimum atomic E-state index is -3.42. The molecule has 2 aromatic rings. The summed E-state index contributed by atoms with van der Waals surface area (Å²) in [4.78, 5) is 0. The maximum atomic E-state index is 13.3. The molecule has 24 heavy (non-hydrogen) atoms. The molecule has 0 bridgehead atoms. The molecule has 7 heteroatoms. The second-order valence-corrected chi connectivity index (χ2v) is 8.22. The van der Waals surface area contributed by atoms with Gasteiger partial charge in [0.05, 0.1) is 12.7 Å². The van der Waals surface area contributed by atoms with Gasteiger partial charge in [-0.2, -0.15) is 0 Å². The molecule has 1 saturated heterocycles. The molecule has 0 saturated carbocycles. The van der Waals surface area contributed by atoms with Gasteiger partial charge < -0.3 is 19.5 Å². The number of phenolic OH excluding ortho intramolecular Hbond substituents is 1. The van der Waals surface area contributed by atoms with Crippen molar-refractivity contribution in [3.63, 3.8) is 0 Å². The second-order valence-electron chi connectivity index (χ2n) is 5.72. The summed E-state index contributed by atoms with van der Waals surface area (Å²) < 4.78 is 24.6. The van der Waals surface area contributed by atoms with Crippen molar-refractivity contribution >= 4 is 24.9 Å². The molecule has 0 amide bonds. The number of aromatic hydroxyl groups is 1. The molecule has 1 aliphatic rings. The predicted octanol–water partition coefficient (Wildman–Crippen LogP) is 5.17. The van der Waals surface area contributed by atoms with Crippen molar-refractivity contribution in [1.82, 2.24) is 0 Å². The third-order valence-electron chi connectivity index (χ3n) is 3.80. The Morgan fingerprint density at radius 3 is 2.50 bits per heavy atom. The average Bonchev–Trinajstić information content (AvgIpc) is 2.55. The van der Waals surface area contributed by atoms with Crippen LogP contribution in [-0.4, -0.2) is 17.8 Å². The van der Waals surface area contributed by atoms with Gasteiger partial charge in [-0.15, -0.1) is 0 Å². The smallest absolute Gasteiger partial charge is 0.357 e. The second kappa shape index (κ2) is 7.16. The highest BCUT2D eigenvalue weighted by Crippen LogP contribution is 2.63. The van der Waals surface area contributed by atoms with E-state index in [9.17, 15) is 9.67 Å². The zero-order valence-electron chi connectivity index (χ0n) is 13.2. The standard InChI is InChI=1S/C17H19ClNO4P/c1-12-10-11-22-24(21,23-12)17(13-2-8-16(20)9-3-13)19-15-6-4-14(18)5-7-15/h2-9,12,17,19-20H,10-11H2,1H3/t12-,17-,24-/m1/s1. The lowest BCUT2D eigenvalue weighted by Crippen LogP contribution is -2.23. The summed E-state index contributed by atoms with van der Waals surface area (Å²) in [5.41, 5.74) is 1.46. The molecule has 1 fully saturated rings. The Bertz CT molecular complexity index is 735. The fraction of sp³-hybridized carbons (Fsp3) is 0.294. The largest absolute Gasteiger partial charge is 0.508 e. The number of halogens is 1. The molecule has 2 aromatic carbocycles. The minimum absolute atomic E-state index is 0.140. The van der Waals surface area contributed by atoms with Gasteiger partial charge in [-0.05, 0) is 55.3 Å². The van der Waals surface area contributed by atoms with E-state index < -0.39 is 13.4 Å². The fourth-order valence-corrected chi connectivity index (χ4v) is 4.79. The zero-order chi connectivity index (χ0) is 17.2. The quantitative estimate of drug-likeness (QED) is 0.729. The van der Waals surface area contributed by atoms with Crippen molar-refractivity contribution < 1.29 is 18.7 Å². The summed E-state index contributed by atoms with van der Waals surface area (Å²) in [5, 5.41) is 13.3. The summed E-state index contributed by atoms with van der Waals surface area (Å²) in [7, 11) is -3.42. The highest BCUT2D eigenvalue weighted by atomic mass is 35.5. The highest BCUT2D eigenvalue weighted by Gasteiger charge is 2.41. The number of nitrogens with one attached hydrogen (secondary N) is 1. The van der Waals surface area contributed by atoms with Gasteiger partial charge in [0.25, 0.3) is 0 Å². The third kappa shape index (κ3) is 3.93. The molecule has 2 N–H and O–H groups in total. The number of hydrogen-bond donors (Lipinski definition) is 2. The van der Waals surface area contributed by atoms with E-state index in [1.807, 2.05) is 6.92 Å². The molecule has 1 aliphatic heterocycles. The molecule has 128 valence electrons.